The number of imide groups is 1. The standard InChI is InChI=1S/C44H49N5O5/c50-37-13-17-40-34(30-37)8-16-39(31-4-2-1-3-5-31)42(40)32-6-14-38(15-7-32)54-29-28-46-21-18-33(19-22-46)43(52)48-26-24-47(25-27-48)35-9-11-36(12-10-35)49-23-20-41(51)45-44(49)53/h1-7,9-15,17,30,33,39,42,50H,8,16,18-29H2,(H,45,51,53)/t39-,42+/m1/s1. The van der Waals surface area contributed by atoms with E-state index in [1.807, 2.05) is 41.3 Å². The van der Waals surface area contributed by atoms with Crippen LogP contribution in [0.2, 0.25) is 0 Å². The summed E-state index contributed by atoms with van der Waals surface area (Å²) in [6.07, 6.45) is 4.03. The molecule has 3 heterocycles. The molecule has 54 heavy (non-hydrogen) atoms. The number of hydrogen-bond acceptors (Lipinski definition) is 7. The number of phenolic OH excluding ortho intramolecular Hbond substituents is 1. The number of benzene rings is 4. The Hall–Kier alpha value is -5.35. The van der Waals surface area contributed by atoms with Gasteiger partial charge in [-0.05, 0) is 115 Å². The Kier molecular flexibility index (Phi) is 10.5. The van der Waals surface area contributed by atoms with Crippen molar-refractivity contribution >= 4 is 29.2 Å². The van der Waals surface area contributed by atoms with Crippen molar-refractivity contribution in [3.63, 3.8) is 0 Å². The van der Waals surface area contributed by atoms with Gasteiger partial charge in [-0.15, -0.1) is 0 Å². The number of piperazine rings is 1. The van der Waals surface area contributed by atoms with Crippen molar-refractivity contribution in [1.29, 1.82) is 0 Å². The number of aryl methyl sites for hydroxylation is 1. The van der Waals surface area contributed by atoms with Crippen LogP contribution in [-0.4, -0.2) is 91.7 Å². The van der Waals surface area contributed by atoms with Crippen LogP contribution in [0.1, 0.15) is 59.8 Å². The van der Waals surface area contributed by atoms with Crippen LogP contribution >= 0.6 is 0 Å². The first kappa shape index (κ1) is 35.7. The molecule has 10 nitrogen and oxygen atoms in total. The summed E-state index contributed by atoms with van der Waals surface area (Å²) in [5.41, 5.74) is 6.97. The highest BCUT2D eigenvalue weighted by Crippen LogP contribution is 2.47. The molecule has 0 bridgehead atoms. The number of fused-ring (bicyclic) bond motifs is 1. The second-order valence-electron chi connectivity index (χ2n) is 15.0. The van der Waals surface area contributed by atoms with Crippen LogP contribution in [-0.2, 0) is 16.0 Å². The number of nitrogens with one attached hydrogen (secondary N) is 1. The van der Waals surface area contributed by atoms with E-state index in [0.29, 0.717) is 44.3 Å². The van der Waals surface area contributed by atoms with Gasteiger partial charge < -0.3 is 19.6 Å². The fourth-order valence-electron chi connectivity index (χ4n) is 8.84. The van der Waals surface area contributed by atoms with Crippen LogP contribution in [0.15, 0.2) is 97.1 Å². The number of likely N-dealkylation sites (tertiary alicyclic amines) is 1. The van der Waals surface area contributed by atoms with E-state index < -0.39 is 0 Å². The molecule has 0 unspecified atom stereocenters. The average Bonchev–Trinajstić information content (AvgIpc) is 3.21. The Balaban J connectivity index is 0.784. The fraction of sp³-hybridized carbons (Fsp3) is 0.386. The second kappa shape index (κ2) is 15.9. The highest BCUT2D eigenvalue weighted by Gasteiger charge is 2.33. The molecule has 4 aliphatic rings. The molecule has 280 valence electrons. The van der Waals surface area contributed by atoms with Gasteiger partial charge in [-0.1, -0.05) is 48.5 Å². The van der Waals surface area contributed by atoms with E-state index in [-0.39, 0.29) is 29.7 Å². The maximum atomic E-state index is 13.5. The zero-order valence-electron chi connectivity index (χ0n) is 30.7. The first-order valence-electron chi connectivity index (χ1n) is 19.5. The van der Waals surface area contributed by atoms with Crippen molar-refractivity contribution in [2.75, 3.05) is 68.8 Å². The van der Waals surface area contributed by atoms with E-state index in [9.17, 15) is 19.5 Å². The van der Waals surface area contributed by atoms with Crippen molar-refractivity contribution in [3.8, 4) is 11.5 Å². The highest BCUT2D eigenvalue weighted by atomic mass is 16.5. The molecule has 4 aromatic carbocycles. The monoisotopic (exact) mass is 727 g/mol. The van der Waals surface area contributed by atoms with Gasteiger partial charge in [0, 0.05) is 68.9 Å². The molecule has 1 aliphatic carbocycles. The molecule has 0 aromatic heterocycles. The summed E-state index contributed by atoms with van der Waals surface area (Å²) >= 11 is 0. The van der Waals surface area contributed by atoms with Gasteiger partial charge in [0.2, 0.25) is 11.8 Å². The van der Waals surface area contributed by atoms with E-state index in [1.54, 1.807) is 4.90 Å². The summed E-state index contributed by atoms with van der Waals surface area (Å²) in [5, 5.41) is 12.5. The SMILES string of the molecule is O=C1CCN(c2ccc(N3CCN(C(=O)C4CCN(CCOc5ccc([C@@H]6c7ccc(O)cc7CC[C@@H]6c6ccccc6)cc5)CC4)CC3)cc2)C(=O)N1. The van der Waals surface area contributed by atoms with E-state index in [2.05, 4.69) is 75.8 Å². The smallest absolute Gasteiger partial charge is 0.328 e. The van der Waals surface area contributed by atoms with Crippen LogP contribution in [0, 0.1) is 5.92 Å². The summed E-state index contributed by atoms with van der Waals surface area (Å²) in [6.45, 7) is 6.55. The summed E-state index contributed by atoms with van der Waals surface area (Å²) in [6, 6.07) is 32.7. The lowest BCUT2D eigenvalue weighted by molar-refractivity contribution is -0.137. The van der Waals surface area contributed by atoms with Gasteiger partial charge in [0.25, 0.3) is 0 Å². The third kappa shape index (κ3) is 7.80. The minimum Gasteiger partial charge on any atom is -0.508 e. The van der Waals surface area contributed by atoms with Gasteiger partial charge >= 0.3 is 6.03 Å². The zero-order chi connectivity index (χ0) is 37.0. The van der Waals surface area contributed by atoms with Gasteiger partial charge in [-0.25, -0.2) is 4.79 Å². The highest BCUT2D eigenvalue weighted by molar-refractivity contribution is 6.05. The lowest BCUT2D eigenvalue weighted by Gasteiger charge is -2.39. The third-order valence-electron chi connectivity index (χ3n) is 11.8. The number of aromatic hydroxyl groups is 1. The average molecular weight is 728 g/mol. The molecule has 0 spiro atoms. The minimum absolute atomic E-state index is 0.0664. The normalized spacial score (nSPS) is 21.1. The first-order valence-corrected chi connectivity index (χ1v) is 19.5. The number of amides is 4. The van der Waals surface area contributed by atoms with Crippen molar-refractivity contribution in [3.05, 3.63) is 119 Å². The van der Waals surface area contributed by atoms with E-state index in [1.165, 1.54) is 22.3 Å². The van der Waals surface area contributed by atoms with Crippen LogP contribution < -0.4 is 19.9 Å². The van der Waals surface area contributed by atoms with Crippen molar-refractivity contribution in [2.45, 2.75) is 43.9 Å². The first-order chi connectivity index (χ1) is 26.4. The third-order valence-corrected chi connectivity index (χ3v) is 11.8. The van der Waals surface area contributed by atoms with Gasteiger partial charge in [0.15, 0.2) is 0 Å². The van der Waals surface area contributed by atoms with Gasteiger partial charge in [-0.3, -0.25) is 24.7 Å². The number of nitrogens with zero attached hydrogens (tertiary/aromatic N) is 4. The molecule has 4 aromatic rings. The predicted octanol–water partition coefficient (Wildman–Crippen LogP) is 6.14. The Morgan fingerprint density at radius 2 is 1.46 bits per heavy atom. The lowest BCUT2D eigenvalue weighted by Crippen LogP contribution is -2.52. The number of phenols is 1. The van der Waals surface area contributed by atoms with Gasteiger partial charge in [0.1, 0.15) is 18.1 Å². The molecular formula is C44H49N5O5. The Labute approximate surface area is 317 Å². The summed E-state index contributed by atoms with van der Waals surface area (Å²) in [5.74, 6) is 1.87. The van der Waals surface area contributed by atoms with Crippen LogP contribution in [0.3, 0.4) is 0 Å². The van der Waals surface area contributed by atoms with Crippen molar-refractivity contribution in [2.24, 2.45) is 5.92 Å². The molecule has 3 aliphatic heterocycles. The maximum absolute atomic E-state index is 13.5. The van der Waals surface area contributed by atoms with Crippen molar-refractivity contribution in [1.82, 2.24) is 15.1 Å². The van der Waals surface area contributed by atoms with Crippen LogP contribution in [0.25, 0.3) is 0 Å². The largest absolute Gasteiger partial charge is 0.508 e. The number of urea groups is 1. The number of piperidine rings is 1. The van der Waals surface area contributed by atoms with Gasteiger partial charge in [-0.2, -0.15) is 0 Å². The van der Waals surface area contributed by atoms with E-state index in [0.717, 1.165) is 75.5 Å². The molecule has 4 amide bonds. The van der Waals surface area contributed by atoms with Crippen molar-refractivity contribution < 1.29 is 24.2 Å². The molecule has 0 radical (unpaired) electrons. The van der Waals surface area contributed by atoms with E-state index >= 15 is 0 Å². The number of ether oxygens (including phenoxy) is 1. The number of carbonyl (C=O) groups is 3. The molecule has 2 atom stereocenters. The lowest BCUT2D eigenvalue weighted by atomic mass is 9.69. The maximum Gasteiger partial charge on any atom is 0.328 e. The quantitative estimate of drug-likeness (QED) is 0.214. The molecular weight excluding hydrogens is 679 g/mol. The number of rotatable bonds is 9. The van der Waals surface area contributed by atoms with Gasteiger partial charge in [0.05, 0.1) is 0 Å². The molecule has 0 saturated carbocycles. The van der Waals surface area contributed by atoms with Crippen LogP contribution in [0.5, 0.6) is 11.5 Å². The van der Waals surface area contributed by atoms with Crippen LogP contribution in [0.4, 0.5) is 16.2 Å². The summed E-state index contributed by atoms with van der Waals surface area (Å²) in [4.78, 5) is 45.5. The minimum atomic E-state index is -0.380. The zero-order valence-corrected chi connectivity index (χ0v) is 30.7. The second-order valence-corrected chi connectivity index (χ2v) is 15.0. The van der Waals surface area contributed by atoms with E-state index in [4.69, 9.17) is 4.74 Å². The topological polar surface area (TPSA) is 106 Å². The Morgan fingerprint density at radius 1 is 0.741 bits per heavy atom. The molecule has 8 rings (SSSR count). The predicted molar refractivity (Wildman–Crippen MR) is 209 cm³/mol. The Morgan fingerprint density at radius 3 is 2.19 bits per heavy atom. The summed E-state index contributed by atoms with van der Waals surface area (Å²) < 4.78 is 6.22. The summed E-state index contributed by atoms with van der Waals surface area (Å²) in [7, 11) is 0. The molecule has 10 heteroatoms. The number of hydrogen-bond donors (Lipinski definition) is 2. The number of carbonyl (C=O) groups excluding carboxylic acids is 3. The Bertz CT molecular complexity index is 1940. The fourth-order valence-corrected chi connectivity index (χ4v) is 8.84. The number of anilines is 2. The molecule has 3 fully saturated rings. The molecule has 3 saturated heterocycles. The molecule has 2 N–H and O–H groups in total.